The molecule has 0 aliphatic rings. The van der Waals surface area contributed by atoms with Crippen molar-refractivity contribution in [3.8, 4) is 51.2 Å². The Hall–Kier alpha value is -5.32. The molecule has 4 aromatic carbocycles. The molecule has 0 N–H and O–H groups in total. The summed E-state index contributed by atoms with van der Waals surface area (Å²) >= 11 is 0. The average Bonchev–Trinajstić information content (AvgIpc) is 3.69. The molecule has 0 saturated carbocycles. The normalized spacial score (nSPS) is 11.5. The van der Waals surface area contributed by atoms with Crippen molar-refractivity contribution in [1.82, 2.24) is 24.7 Å². The van der Waals surface area contributed by atoms with Crippen LogP contribution in [0.2, 0.25) is 0 Å². The second-order valence-electron chi connectivity index (χ2n) is 12.6. The quantitative estimate of drug-likeness (QED) is 0.157. The van der Waals surface area contributed by atoms with Gasteiger partial charge in [-0.05, 0) is 57.3 Å². The van der Waals surface area contributed by atoms with Gasteiger partial charge in [0.05, 0.1) is 11.4 Å². The van der Waals surface area contributed by atoms with E-state index in [1.165, 1.54) is 5.56 Å². The SMILES string of the molecule is CC(C)(C)c1ccnc(-n2c3[c-]c(Oc4cccc(-c5[n-]nc(-c6ccccc6)c5-c5ccccc5)n4)ccc3c3ccccc32)c1.[Pt+2]. The second-order valence-corrected chi connectivity index (χ2v) is 12.6. The van der Waals surface area contributed by atoms with Crippen LogP contribution in [0.4, 0.5) is 0 Å². The van der Waals surface area contributed by atoms with Crippen LogP contribution in [0.1, 0.15) is 26.3 Å². The maximum Gasteiger partial charge on any atom is 2.00 e. The maximum atomic E-state index is 6.40. The summed E-state index contributed by atoms with van der Waals surface area (Å²) in [6.07, 6.45) is 1.88. The maximum absolute atomic E-state index is 6.40. The van der Waals surface area contributed by atoms with Crippen molar-refractivity contribution in [2.24, 2.45) is 0 Å². The first-order valence-electron chi connectivity index (χ1n) is 15.7. The summed E-state index contributed by atoms with van der Waals surface area (Å²) in [5.41, 5.74) is 8.29. The number of para-hydroxylation sites is 1. The molecule has 6 nitrogen and oxygen atoms in total. The van der Waals surface area contributed by atoms with Crippen molar-refractivity contribution in [2.45, 2.75) is 26.2 Å². The topological polar surface area (TPSA) is 66.9 Å². The first kappa shape index (κ1) is 31.3. The van der Waals surface area contributed by atoms with E-state index in [0.29, 0.717) is 23.0 Å². The van der Waals surface area contributed by atoms with Crippen LogP contribution < -0.4 is 9.84 Å². The van der Waals surface area contributed by atoms with Gasteiger partial charge >= 0.3 is 21.1 Å². The fraction of sp³-hybridized carbons (Fsp3) is 0.0976. The summed E-state index contributed by atoms with van der Waals surface area (Å²) in [5, 5.41) is 11.5. The van der Waals surface area contributed by atoms with E-state index in [1.807, 2.05) is 79.0 Å². The molecule has 0 fully saturated rings. The molecule has 8 rings (SSSR count). The van der Waals surface area contributed by atoms with Crippen LogP contribution in [-0.2, 0) is 26.5 Å². The number of rotatable bonds is 6. The first-order chi connectivity index (χ1) is 22.9. The van der Waals surface area contributed by atoms with Crippen LogP contribution in [-0.4, -0.2) is 19.6 Å². The van der Waals surface area contributed by atoms with Crippen molar-refractivity contribution in [3.63, 3.8) is 0 Å². The van der Waals surface area contributed by atoms with E-state index in [4.69, 9.17) is 14.7 Å². The molecule has 0 aliphatic carbocycles. The van der Waals surface area contributed by atoms with Gasteiger partial charge in [-0.3, -0.25) is 0 Å². The minimum Gasteiger partial charge on any atom is -0.573 e. The predicted molar refractivity (Wildman–Crippen MR) is 188 cm³/mol. The molecule has 0 amide bonds. The Kier molecular flexibility index (Phi) is 8.28. The fourth-order valence-electron chi connectivity index (χ4n) is 6.06. The minimum absolute atomic E-state index is 0. The number of ether oxygens (including phenoxy) is 1. The van der Waals surface area contributed by atoms with Gasteiger partial charge in [0.1, 0.15) is 5.82 Å². The summed E-state index contributed by atoms with van der Waals surface area (Å²) in [6.45, 7) is 6.64. The number of hydrogen-bond acceptors (Lipinski definition) is 4. The first-order valence-corrected chi connectivity index (χ1v) is 15.7. The van der Waals surface area contributed by atoms with Gasteiger partial charge in [0.25, 0.3) is 0 Å². The Morgan fingerprint density at radius 2 is 1.46 bits per heavy atom. The zero-order valence-corrected chi connectivity index (χ0v) is 28.9. The molecule has 236 valence electrons. The molecule has 0 aliphatic heterocycles. The van der Waals surface area contributed by atoms with E-state index in [9.17, 15) is 0 Å². The second kappa shape index (κ2) is 12.7. The van der Waals surface area contributed by atoms with Gasteiger partial charge in [0.2, 0.25) is 5.88 Å². The summed E-state index contributed by atoms with van der Waals surface area (Å²) in [5.74, 6) is 1.84. The molecular weight excluding hydrogens is 774 g/mol. The molecule has 4 heterocycles. The molecule has 8 aromatic rings. The molecular formula is C41H31N5OPt. The van der Waals surface area contributed by atoms with E-state index >= 15 is 0 Å². The van der Waals surface area contributed by atoms with Gasteiger partial charge in [-0.1, -0.05) is 117 Å². The van der Waals surface area contributed by atoms with E-state index in [-0.39, 0.29) is 26.5 Å². The van der Waals surface area contributed by atoms with E-state index in [0.717, 1.165) is 50.0 Å². The third-order valence-corrected chi connectivity index (χ3v) is 8.41. The Morgan fingerprint density at radius 3 is 2.23 bits per heavy atom. The number of pyridine rings is 2. The van der Waals surface area contributed by atoms with Crippen molar-refractivity contribution in [3.05, 3.63) is 145 Å². The zero-order chi connectivity index (χ0) is 32.0. The van der Waals surface area contributed by atoms with Gasteiger partial charge in [-0.25, -0.2) is 9.97 Å². The summed E-state index contributed by atoms with van der Waals surface area (Å²) in [4.78, 5) is 9.70. The average molecular weight is 805 g/mol. The molecule has 0 saturated heterocycles. The molecule has 0 radical (unpaired) electrons. The monoisotopic (exact) mass is 804 g/mol. The molecule has 0 bridgehead atoms. The molecule has 0 atom stereocenters. The van der Waals surface area contributed by atoms with Crippen molar-refractivity contribution >= 4 is 21.8 Å². The molecule has 0 unspecified atom stereocenters. The summed E-state index contributed by atoms with van der Waals surface area (Å²) in [7, 11) is 0. The molecule has 4 aromatic heterocycles. The van der Waals surface area contributed by atoms with E-state index in [1.54, 1.807) is 0 Å². The molecule has 0 spiro atoms. The standard InChI is InChI=1S/C41H31N5O.Pt/c1-41(2,3)29-23-24-42-36(25-29)46-34-19-11-10-17-31(34)32-22-21-30(26-35(32)46)47-37-20-12-18-33(43-37)40-38(27-13-6-4-7-14-27)39(44-45-40)28-15-8-5-9-16-28;/h4-25H,1-3H3;/q-2;+2. The van der Waals surface area contributed by atoms with Crippen LogP contribution in [0.5, 0.6) is 11.6 Å². The number of nitrogens with zero attached hydrogens (tertiary/aromatic N) is 5. The molecule has 7 heteroatoms. The fourth-order valence-corrected chi connectivity index (χ4v) is 6.06. The Labute approximate surface area is 293 Å². The largest absolute Gasteiger partial charge is 2.00 e. The van der Waals surface area contributed by atoms with Crippen molar-refractivity contribution in [1.29, 1.82) is 0 Å². The van der Waals surface area contributed by atoms with Gasteiger partial charge in [-0.2, -0.15) is 6.07 Å². The van der Waals surface area contributed by atoms with Gasteiger partial charge < -0.3 is 19.5 Å². The zero-order valence-electron chi connectivity index (χ0n) is 26.7. The molecule has 48 heavy (non-hydrogen) atoms. The van der Waals surface area contributed by atoms with Crippen LogP contribution in [0.25, 0.3) is 61.4 Å². The van der Waals surface area contributed by atoms with Crippen LogP contribution in [0, 0.1) is 6.07 Å². The van der Waals surface area contributed by atoms with E-state index in [2.05, 4.69) is 96.2 Å². The van der Waals surface area contributed by atoms with Gasteiger partial charge in [0.15, 0.2) is 0 Å². The Balaban J connectivity index is 0.00000364. The Morgan fingerprint density at radius 1 is 0.729 bits per heavy atom. The van der Waals surface area contributed by atoms with Crippen LogP contribution >= 0.6 is 0 Å². The van der Waals surface area contributed by atoms with Gasteiger partial charge in [0, 0.05) is 23.5 Å². The third-order valence-electron chi connectivity index (χ3n) is 8.41. The van der Waals surface area contributed by atoms with Crippen LogP contribution in [0.15, 0.2) is 134 Å². The van der Waals surface area contributed by atoms with Crippen molar-refractivity contribution in [2.75, 3.05) is 0 Å². The minimum atomic E-state index is -0.0144. The van der Waals surface area contributed by atoms with Crippen LogP contribution in [0.3, 0.4) is 0 Å². The smallest absolute Gasteiger partial charge is 0.573 e. The number of aromatic nitrogens is 5. The summed E-state index contributed by atoms with van der Waals surface area (Å²) < 4.78 is 8.56. The third kappa shape index (κ3) is 5.73. The number of hydrogen-bond donors (Lipinski definition) is 0. The van der Waals surface area contributed by atoms with E-state index < -0.39 is 0 Å². The van der Waals surface area contributed by atoms with Gasteiger partial charge in [-0.15, -0.1) is 17.5 Å². The number of benzene rings is 4. The Bertz CT molecular complexity index is 2370. The predicted octanol–water partition coefficient (Wildman–Crippen LogP) is 9.81. The summed E-state index contributed by atoms with van der Waals surface area (Å²) in [6, 6.07) is 46.2. The number of fused-ring (bicyclic) bond motifs is 3. The van der Waals surface area contributed by atoms with Crippen molar-refractivity contribution < 1.29 is 25.8 Å².